The molecule has 0 spiro atoms. The van der Waals surface area contributed by atoms with Crippen molar-refractivity contribution in [1.82, 2.24) is 10.6 Å². The van der Waals surface area contributed by atoms with Crippen LogP contribution in [0.1, 0.15) is 18.9 Å². The lowest BCUT2D eigenvalue weighted by Crippen LogP contribution is -2.39. The van der Waals surface area contributed by atoms with Gasteiger partial charge in [-0.2, -0.15) is 0 Å². The summed E-state index contributed by atoms with van der Waals surface area (Å²) < 4.78 is 5.01. The van der Waals surface area contributed by atoms with Crippen LogP contribution in [0.2, 0.25) is 0 Å². The maximum atomic E-state index is 5.01. The summed E-state index contributed by atoms with van der Waals surface area (Å²) in [5.41, 5.74) is 1.37. The van der Waals surface area contributed by atoms with Crippen molar-refractivity contribution in [2.45, 2.75) is 19.8 Å². The third kappa shape index (κ3) is 9.14. The van der Waals surface area contributed by atoms with Crippen LogP contribution >= 0.6 is 24.0 Å². The van der Waals surface area contributed by atoms with Gasteiger partial charge in [0.2, 0.25) is 0 Å². The van der Waals surface area contributed by atoms with E-state index in [9.17, 15) is 0 Å². The molecule has 0 saturated carbocycles. The summed E-state index contributed by atoms with van der Waals surface area (Å²) in [5.74, 6) is 0.868. The highest BCUT2D eigenvalue weighted by atomic mass is 127. The van der Waals surface area contributed by atoms with E-state index in [2.05, 4.69) is 46.8 Å². The Labute approximate surface area is 139 Å². The zero-order chi connectivity index (χ0) is 13.8. The van der Waals surface area contributed by atoms with Gasteiger partial charge in [-0.1, -0.05) is 30.3 Å². The van der Waals surface area contributed by atoms with E-state index in [0.717, 1.165) is 38.4 Å². The van der Waals surface area contributed by atoms with E-state index in [1.54, 1.807) is 7.11 Å². The minimum absolute atomic E-state index is 0. The average Bonchev–Trinajstić information content (AvgIpc) is 2.45. The fourth-order valence-electron chi connectivity index (χ4n) is 1.73. The molecule has 2 N–H and O–H groups in total. The van der Waals surface area contributed by atoms with Gasteiger partial charge in [0.1, 0.15) is 0 Å². The second-order valence-electron chi connectivity index (χ2n) is 4.27. The second-order valence-corrected chi connectivity index (χ2v) is 4.27. The zero-order valence-electron chi connectivity index (χ0n) is 12.4. The van der Waals surface area contributed by atoms with Gasteiger partial charge in [-0.3, -0.25) is 4.99 Å². The van der Waals surface area contributed by atoms with Gasteiger partial charge in [-0.25, -0.2) is 0 Å². The highest BCUT2D eigenvalue weighted by molar-refractivity contribution is 14.0. The Hall–Kier alpha value is -0.820. The molecule has 1 aromatic carbocycles. The van der Waals surface area contributed by atoms with Crippen molar-refractivity contribution in [2.24, 2.45) is 4.99 Å². The number of hydrogen-bond acceptors (Lipinski definition) is 2. The van der Waals surface area contributed by atoms with E-state index in [4.69, 9.17) is 4.74 Å². The van der Waals surface area contributed by atoms with Crippen molar-refractivity contribution in [2.75, 3.05) is 33.4 Å². The minimum Gasteiger partial charge on any atom is -0.383 e. The van der Waals surface area contributed by atoms with E-state index in [-0.39, 0.29) is 24.0 Å². The first kappa shape index (κ1) is 19.2. The third-order valence-corrected chi connectivity index (χ3v) is 2.68. The molecule has 0 aromatic heterocycles. The Morgan fingerprint density at radius 3 is 2.60 bits per heavy atom. The smallest absolute Gasteiger partial charge is 0.191 e. The van der Waals surface area contributed by atoms with Crippen molar-refractivity contribution < 1.29 is 4.74 Å². The third-order valence-electron chi connectivity index (χ3n) is 2.68. The zero-order valence-corrected chi connectivity index (χ0v) is 14.7. The van der Waals surface area contributed by atoms with Crippen LogP contribution in [-0.4, -0.2) is 39.3 Å². The maximum Gasteiger partial charge on any atom is 0.191 e. The predicted molar refractivity (Wildman–Crippen MR) is 96.0 cm³/mol. The largest absolute Gasteiger partial charge is 0.383 e. The Bertz CT molecular complexity index is 357. The van der Waals surface area contributed by atoms with Gasteiger partial charge < -0.3 is 15.4 Å². The van der Waals surface area contributed by atoms with Crippen LogP contribution in [0, 0.1) is 0 Å². The van der Waals surface area contributed by atoms with Gasteiger partial charge in [0.25, 0.3) is 0 Å². The van der Waals surface area contributed by atoms with Crippen molar-refractivity contribution in [3.63, 3.8) is 0 Å². The fourth-order valence-corrected chi connectivity index (χ4v) is 1.73. The summed E-state index contributed by atoms with van der Waals surface area (Å²) >= 11 is 0. The number of methoxy groups -OCH3 is 1. The number of benzene rings is 1. The molecule has 20 heavy (non-hydrogen) atoms. The van der Waals surface area contributed by atoms with Gasteiger partial charge in [-0.15, -0.1) is 24.0 Å². The number of aliphatic imine (C=N–C) groups is 1. The van der Waals surface area contributed by atoms with E-state index in [1.165, 1.54) is 5.56 Å². The number of nitrogens with zero attached hydrogens (tertiary/aromatic N) is 1. The molecule has 0 aliphatic heterocycles. The van der Waals surface area contributed by atoms with Gasteiger partial charge in [-0.05, 0) is 25.3 Å². The highest BCUT2D eigenvalue weighted by Gasteiger charge is 1.96. The summed E-state index contributed by atoms with van der Waals surface area (Å²) in [6, 6.07) is 10.5. The molecule has 1 rings (SSSR count). The van der Waals surface area contributed by atoms with Crippen LogP contribution in [0.25, 0.3) is 0 Å². The number of halogens is 1. The summed E-state index contributed by atoms with van der Waals surface area (Å²) in [6.45, 7) is 5.24. The molecule has 0 unspecified atom stereocenters. The summed E-state index contributed by atoms with van der Waals surface area (Å²) in [7, 11) is 1.70. The number of guanidine groups is 1. The van der Waals surface area contributed by atoms with Crippen LogP contribution in [0.15, 0.2) is 35.3 Å². The van der Waals surface area contributed by atoms with Crippen LogP contribution in [-0.2, 0) is 11.2 Å². The maximum absolute atomic E-state index is 5.01. The average molecular weight is 391 g/mol. The normalized spacial score (nSPS) is 10.8. The van der Waals surface area contributed by atoms with Gasteiger partial charge in [0.15, 0.2) is 5.96 Å². The lowest BCUT2D eigenvalue weighted by molar-refractivity contribution is 0.203. The van der Waals surface area contributed by atoms with E-state index in [0.29, 0.717) is 6.61 Å². The number of hydrogen-bond donors (Lipinski definition) is 2. The molecule has 0 aliphatic rings. The quantitative estimate of drug-likeness (QED) is 0.310. The van der Waals surface area contributed by atoms with Crippen LogP contribution in [0.5, 0.6) is 0 Å². The first-order valence-corrected chi connectivity index (χ1v) is 6.92. The predicted octanol–water partition coefficient (Wildman–Crippen LogP) is 2.44. The first-order chi connectivity index (χ1) is 9.36. The molecule has 0 bridgehead atoms. The van der Waals surface area contributed by atoms with Crippen LogP contribution < -0.4 is 10.6 Å². The van der Waals surface area contributed by atoms with Crippen molar-refractivity contribution in [3.8, 4) is 0 Å². The van der Waals surface area contributed by atoms with Crippen molar-refractivity contribution in [1.29, 1.82) is 0 Å². The van der Waals surface area contributed by atoms with E-state index >= 15 is 0 Å². The van der Waals surface area contributed by atoms with E-state index < -0.39 is 0 Å². The fraction of sp³-hybridized carbons (Fsp3) is 0.533. The Balaban J connectivity index is 0.00000361. The SMILES string of the molecule is CCNC(=NCCCc1ccccc1)NCCOC.I. The number of ether oxygens (including phenoxy) is 1. The number of rotatable bonds is 8. The topological polar surface area (TPSA) is 45.7 Å². The standard InChI is InChI=1S/C15H25N3O.HI/c1-3-16-15(18-12-13-19-2)17-11-7-10-14-8-5-4-6-9-14;/h4-6,8-9H,3,7,10-13H2,1-2H3,(H2,16,17,18);1H. The van der Waals surface area contributed by atoms with Crippen LogP contribution in [0.3, 0.4) is 0 Å². The lowest BCUT2D eigenvalue weighted by Gasteiger charge is -2.10. The summed E-state index contributed by atoms with van der Waals surface area (Å²) in [6.07, 6.45) is 2.13. The second kappa shape index (κ2) is 13.2. The molecule has 1 aromatic rings. The van der Waals surface area contributed by atoms with Crippen molar-refractivity contribution >= 4 is 29.9 Å². The van der Waals surface area contributed by atoms with Crippen molar-refractivity contribution in [3.05, 3.63) is 35.9 Å². The Morgan fingerprint density at radius 2 is 1.95 bits per heavy atom. The molecule has 0 aliphatic carbocycles. The molecule has 5 heteroatoms. The van der Waals surface area contributed by atoms with Gasteiger partial charge in [0.05, 0.1) is 6.61 Å². The Morgan fingerprint density at radius 1 is 1.20 bits per heavy atom. The lowest BCUT2D eigenvalue weighted by atomic mass is 10.1. The molecular weight excluding hydrogens is 365 g/mol. The molecule has 114 valence electrons. The Kier molecular flexibility index (Phi) is 12.6. The molecule has 4 nitrogen and oxygen atoms in total. The summed E-state index contributed by atoms with van der Waals surface area (Å²) in [5, 5.41) is 6.46. The molecule has 0 fully saturated rings. The van der Waals surface area contributed by atoms with E-state index in [1.807, 2.05) is 6.07 Å². The van der Waals surface area contributed by atoms with Crippen LogP contribution in [0.4, 0.5) is 0 Å². The monoisotopic (exact) mass is 391 g/mol. The molecule has 0 amide bonds. The molecule has 0 radical (unpaired) electrons. The summed E-state index contributed by atoms with van der Waals surface area (Å²) in [4.78, 5) is 4.54. The number of nitrogens with one attached hydrogen (secondary N) is 2. The molecule has 0 heterocycles. The molecule has 0 atom stereocenters. The molecule has 0 saturated heterocycles. The highest BCUT2D eigenvalue weighted by Crippen LogP contribution is 2.02. The van der Waals surface area contributed by atoms with Gasteiger partial charge in [0, 0.05) is 26.7 Å². The van der Waals surface area contributed by atoms with Gasteiger partial charge >= 0.3 is 0 Å². The number of aryl methyl sites for hydroxylation is 1. The molecular formula is C15H26IN3O. The minimum atomic E-state index is 0. The first-order valence-electron chi connectivity index (χ1n) is 6.92.